The highest BCUT2D eigenvalue weighted by atomic mass is 16.5. The summed E-state index contributed by atoms with van der Waals surface area (Å²) in [4.78, 5) is 2.38. The summed E-state index contributed by atoms with van der Waals surface area (Å²) in [5.41, 5.74) is 3.35. The van der Waals surface area contributed by atoms with Gasteiger partial charge < -0.3 is 14.7 Å². The number of aryl methyl sites for hydroxylation is 1. The van der Waals surface area contributed by atoms with Crippen LogP contribution in [0.15, 0.2) is 18.2 Å². The summed E-state index contributed by atoms with van der Waals surface area (Å²) in [6, 6.07) is 6.27. The molecular formula is C15H23NO2. The SMILES string of the molecule is COC1(C)CCCN(c2ccc(CO)c(C)c2)C1. The van der Waals surface area contributed by atoms with E-state index in [1.807, 2.05) is 6.07 Å². The molecule has 18 heavy (non-hydrogen) atoms. The van der Waals surface area contributed by atoms with Crippen LogP contribution in [0.2, 0.25) is 0 Å². The van der Waals surface area contributed by atoms with Crippen LogP contribution in [0.25, 0.3) is 0 Å². The van der Waals surface area contributed by atoms with Crippen molar-refractivity contribution in [2.24, 2.45) is 0 Å². The van der Waals surface area contributed by atoms with Crippen LogP contribution in [-0.4, -0.2) is 30.9 Å². The highest BCUT2D eigenvalue weighted by Gasteiger charge is 2.30. The summed E-state index contributed by atoms with van der Waals surface area (Å²) >= 11 is 0. The lowest BCUT2D eigenvalue weighted by Crippen LogP contribution is -2.47. The van der Waals surface area contributed by atoms with E-state index in [0.717, 1.165) is 37.1 Å². The number of methoxy groups -OCH3 is 1. The van der Waals surface area contributed by atoms with Crippen molar-refractivity contribution in [2.45, 2.75) is 38.9 Å². The molecule has 1 atom stereocenters. The summed E-state index contributed by atoms with van der Waals surface area (Å²) in [7, 11) is 1.80. The van der Waals surface area contributed by atoms with E-state index in [4.69, 9.17) is 4.74 Å². The van der Waals surface area contributed by atoms with Gasteiger partial charge in [-0.05, 0) is 49.9 Å². The molecule has 3 heteroatoms. The molecule has 1 aliphatic heterocycles. The molecule has 1 aromatic rings. The fraction of sp³-hybridized carbons (Fsp3) is 0.600. The molecule has 1 heterocycles. The first kappa shape index (κ1) is 13.4. The number of benzene rings is 1. The van der Waals surface area contributed by atoms with Gasteiger partial charge in [0.15, 0.2) is 0 Å². The molecule has 1 unspecified atom stereocenters. The third kappa shape index (κ3) is 2.68. The van der Waals surface area contributed by atoms with Gasteiger partial charge in [-0.3, -0.25) is 0 Å². The second-order valence-corrected chi connectivity index (χ2v) is 5.45. The van der Waals surface area contributed by atoms with Gasteiger partial charge in [0, 0.05) is 25.9 Å². The van der Waals surface area contributed by atoms with Crippen molar-refractivity contribution in [3.05, 3.63) is 29.3 Å². The van der Waals surface area contributed by atoms with Crippen LogP contribution in [0.5, 0.6) is 0 Å². The number of ether oxygens (including phenoxy) is 1. The zero-order valence-electron chi connectivity index (χ0n) is 11.6. The highest BCUT2D eigenvalue weighted by molar-refractivity contribution is 5.51. The van der Waals surface area contributed by atoms with Crippen LogP contribution in [0.1, 0.15) is 30.9 Å². The van der Waals surface area contributed by atoms with Gasteiger partial charge in [0.1, 0.15) is 0 Å². The molecule has 0 spiro atoms. The van der Waals surface area contributed by atoms with Gasteiger partial charge in [0.25, 0.3) is 0 Å². The topological polar surface area (TPSA) is 32.7 Å². The van der Waals surface area contributed by atoms with Gasteiger partial charge in [-0.1, -0.05) is 6.07 Å². The van der Waals surface area contributed by atoms with Crippen LogP contribution < -0.4 is 4.90 Å². The number of anilines is 1. The second-order valence-electron chi connectivity index (χ2n) is 5.45. The fourth-order valence-electron chi connectivity index (χ4n) is 2.65. The number of piperidine rings is 1. The minimum Gasteiger partial charge on any atom is -0.392 e. The highest BCUT2D eigenvalue weighted by Crippen LogP contribution is 2.29. The average molecular weight is 249 g/mol. The predicted octanol–water partition coefficient (Wildman–Crippen LogP) is 2.49. The van der Waals surface area contributed by atoms with Crippen LogP contribution in [0.4, 0.5) is 5.69 Å². The maximum atomic E-state index is 9.21. The van der Waals surface area contributed by atoms with Crippen LogP contribution in [-0.2, 0) is 11.3 Å². The smallest absolute Gasteiger partial charge is 0.0825 e. The van der Waals surface area contributed by atoms with Gasteiger partial charge in [0.05, 0.1) is 12.2 Å². The lowest BCUT2D eigenvalue weighted by atomic mass is 9.94. The van der Waals surface area contributed by atoms with Crippen LogP contribution in [0, 0.1) is 6.92 Å². The minimum atomic E-state index is -0.0399. The van der Waals surface area contributed by atoms with Crippen LogP contribution in [0.3, 0.4) is 0 Å². The third-order valence-electron chi connectivity index (χ3n) is 4.01. The summed E-state index contributed by atoms with van der Waals surface area (Å²) in [5.74, 6) is 0. The molecule has 0 aromatic heterocycles. The Labute approximate surface area is 109 Å². The number of rotatable bonds is 3. The molecule has 0 aliphatic carbocycles. The molecule has 3 nitrogen and oxygen atoms in total. The summed E-state index contributed by atoms with van der Waals surface area (Å²) < 4.78 is 5.62. The molecule has 0 bridgehead atoms. The van der Waals surface area contributed by atoms with E-state index in [-0.39, 0.29) is 12.2 Å². The lowest BCUT2D eigenvalue weighted by molar-refractivity contribution is -0.00465. The molecule has 0 radical (unpaired) electrons. The summed E-state index contributed by atoms with van der Waals surface area (Å²) in [6.45, 7) is 6.35. The first-order valence-electron chi connectivity index (χ1n) is 6.58. The quantitative estimate of drug-likeness (QED) is 0.893. The van der Waals surface area contributed by atoms with Gasteiger partial charge in [-0.2, -0.15) is 0 Å². The van der Waals surface area contributed by atoms with Crippen molar-refractivity contribution in [1.29, 1.82) is 0 Å². The maximum Gasteiger partial charge on any atom is 0.0825 e. The Morgan fingerprint density at radius 1 is 1.44 bits per heavy atom. The minimum absolute atomic E-state index is 0.0399. The Morgan fingerprint density at radius 3 is 2.83 bits per heavy atom. The van der Waals surface area contributed by atoms with Gasteiger partial charge >= 0.3 is 0 Å². The van der Waals surface area contributed by atoms with Crippen molar-refractivity contribution < 1.29 is 9.84 Å². The predicted molar refractivity (Wildman–Crippen MR) is 74.0 cm³/mol. The lowest BCUT2D eigenvalue weighted by Gasteiger charge is -2.40. The zero-order chi connectivity index (χ0) is 13.2. The fourth-order valence-corrected chi connectivity index (χ4v) is 2.65. The van der Waals surface area contributed by atoms with Crippen molar-refractivity contribution >= 4 is 5.69 Å². The van der Waals surface area contributed by atoms with E-state index < -0.39 is 0 Å². The number of nitrogens with zero attached hydrogens (tertiary/aromatic N) is 1. The number of aliphatic hydroxyl groups is 1. The van der Waals surface area contributed by atoms with E-state index in [9.17, 15) is 5.11 Å². The van der Waals surface area contributed by atoms with Gasteiger partial charge in [0.2, 0.25) is 0 Å². The molecule has 0 amide bonds. The molecule has 1 aliphatic rings. The summed E-state index contributed by atoms with van der Waals surface area (Å²) in [5, 5.41) is 9.21. The molecule has 0 saturated carbocycles. The van der Waals surface area contributed by atoms with E-state index in [2.05, 4.69) is 30.9 Å². The zero-order valence-corrected chi connectivity index (χ0v) is 11.6. The molecule has 1 saturated heterocycles. The Kier molecular flexibility index (Phi) is 3.93. The Hall–Kier alpha value is -1.06. The molecule has 2 rings (SSSR count). The first-order chi connectivity index (χ1) is 8.58. The van der Waals surface area contributed by atoms with Gasteiger partial charge in [-0.25, -0.2) is 0 Å². The van der Waals surface area contributed by atoms with E-state index in [0.29, 0.717) is 0 Å². The third-order valence-corrected chi connectivity index (χ3v) is 4.01. The summed E-state index contributed by atoms with van der Waals surface area (Å²) in [6.07, 6.45) is 2.28. The maximum absolute atomic E-state index is 9.21. The van der Waals surface area contributed by atoms with E-state index >= 15 is 0 Å². The van der Waals surface area contributed by atoms with Crippen molar-refractivity contribution in [2.75, 3.05) is 25.1 Å². The first-order valence-corrected chi connectivity index (χ1v) is 6.58. The van der Waals surface area contributed by atoms with Crippen LogP contribution >= 0.6 is 0 Å². The normalized spacial score (nSPS) is 24.3. The van der Waals surface area contributed by atoms with E-state index in [1.165, 1.54) is 5.69 Å². The monoisotopic (exact) mass is 249 g/mol. The van der Waals surface area contributed by atoms with Crippen molar-refractivity contribution in [3.8, 4) is 0 Å². The Morgan fingerprint density at radius 2 is 2.22 bits per heavy atom. The number of hydrogen-bond acceptors (Lipinski definition) is 3. The van der Waals surface area contributed by atoms with Crippen molar-refractivity contribution in [1.82, 2.24) is 0 Å². The molecule has 100 valence electrons. The van der Waals surface area contributed by atoms with E-state index in [1.54, 1.807) is 7.11 Å². The Balaban J connectivity index is 2.18. The standard InChI is InChI=1S/C15H23NO2/c1-12-9-14(6-5-13(12)10-17)16-8-4-7-15(2,11-16)18-3/h5-6,9,17H,4,7-8,10-11H2,1-3H3. The largest absolute Gasteiger partial charge is 0.392 e. The molecule has 1 N–H and O–H groups in total. The number of aliphatic hydroxyl groups excluding tert-OH is 1. The van der Waals surface area contributed by atoms with Gasteiger partial charge in [-0.15, -0.1) is 0 Å². The molecular weight excluding hydrogens is 226 g/mol. The Bertz CT molecular complexity index is 419. The average Bonchev–Trinajstić information content (AvgIpc) is 2.39. The number of hydrogen-bond donors (Lipinski definition) is 1. The second kappa shape index (κ2) is 5.29. The van der Waals surface area contributed by atoms with Crippen molar-refractivity contribution in [3.63, 3.8) is 0 Å². The molecule has 1 fully saturated rings. The molecule has 1 aromatic carbocycles.